The van der Waals surface area contributed by atoms with E-state index in [-0.39, 0.29) is 5.75 Å². The van der Waals surface area contributed by atoms with Crippen LogP contribution in [0.3, 0.4) is 0 Å². The maximum atomic E-state index is 9.25. The van der Waals surface area contributed by atoms with Gasteiger partial charge in [0, 0.05) is 11.8 Å². The lowest BCUT2D eigenvalue weighted by atomic mass is 10.2. The number of phenols is 1. The summed E-state index contributed by atoms with van der Waals surface area (Å²) in [6.45, 7) is 0. The molecule has 84 valence electrons. The first-order chi connectivity index (χ1) is 8.25. The van der Waals surface area contributed by atoms with Crippen molar-refractivity contribution in [2.24, 2.45) is 0 Å². The van der Waals surface area contributed by atoms with Crippen LogP contribution in [0, 0.1) is 0 Å². The second kappa shape index (κ2) is 3.75. The third kappa shape index (κ3) is 1.62. The van der Waals surface area contributed by atoms with Gasteiger partial charge in [-0.2, -0.15) is 0 Å². The lowest BCUT2D eigenvalue weighted by Gasteiger charge is -2.00. The first-order valence-electron chi connectivity index (χ1n) is 5.04. The monoisotopic (exact) mass is 245 g/mol. The van der Waals surface area contributed by atoms with E-state index in [4.69, 9.17) is 11.6 Å². The van der Waals surface area contributed by atoms with E-state index in [2.05, 4.69) is 10.2 Å². The highest BCUT2D eigenvalue weighted by Crippen LogP contribution is 2.23. The van der Waals surface area contributed by atoms with E-state index in [1.54, 1.807) is 30.3 Å². The molecule has 0 aliphatic heterocycles. The molecule has 1 N–H and O–H groups in total. The van der Waals surface area contributed by atoms with Gasteiger partial charge in [-0.05, 0) is 36.4 Å². The van der Waals surface area contributed by atoms with Crippen LogP contribution in [0.2, 0.25) is 5.02 Å². The van der Waals surface area contributed by atoms with Crippen LogP contribution in [0.25, 0.3) is 17.0 Å². The van der Waals surface area contributed by atoms with Gasteiger partial charge in [-0.15, -0.1) is 10.2 Å². The van der Waals surface area contributed by atoms with Crippen LogP contribution in [-0.2, 0) is 0 Å². The molecule has 3 aromatic rings. The Balaban J connectivity index is 2.24. The van der Waals surface area contributed by atoms with Crippen molar-refractivity contribution in [2.45, 2.75) is 0 Å². The van der Waals surface area contributed by atoms with Gasteiger partial charge < -0.3 is 5.11 Å². The smallest absolute Gasteiger partial charge is 0.179 e. The van der Waals surface area contributed by atoms with Gasteiger partial charge in [0.05, 0.1) is 5.02 Å². The Kier molecular flexibility index (Phi) is 2.23. The van der Waals surface area contributed by atoms with E-state index < -0.39 is 0 Å². The number of pyridine rings is 1. The van der Waals surface area contributed by atoms with Gasteiger partial charge in [-0.3, -0.25) is 4.40 Å². The molecule has 0 spiro atoms. The molecule has 1 aromatic carbocycles. The number of aromatic nitrogens is 3. The molecule has 0 saturated heterocycles. The minimum atomic E-state index is 0.223. The standard InChI is InChI=1S/C12H8ClN3O/c13-10-2-1-7-16-11(14-15-12(10)16)8-3-5-9(17)6-4-8/h1-7,17H. The summed E-state index contributed by atoms with van der Waals surface area (Å²) in [7, 11) is 0. The summed E-state index contributed by atoms with van der Waals surface area (Å²) in [5, 5.41) is 17.9. The van der Waals surface area contributed by atoms with Crippen LogP contribution in [0.4, 0.5) is 0 Å². The summed E-state index contributed by atoms with van der Waals surface area (Å²) in [6, 6.07) is 10.4. The molecule has 5 heteroatoms. The Morgan fingerprint density at radius 2 is 1.82 bits per heavy atom. The molecule has 4 nitrogen and oxygen atoms in total. The molecule has 0 radical (unpaired) electrons. The second-order valence-electron chi connectivity index (χ2n) is 3.62. The van der Waals surface area contributed by atoms with E-state index in [9.17, 15) is 5.11 Å². The Morgan fingerprint density at radius 3 is 2.59 bits per heavy atom. The molecule has 2 heterocycles. The quantitative estimate of drug-likeness (QED) is 0.717. The summed E-state index contributed by atoms with van der Waals surface area (Å²) < 4.78 is 1.81. The SMILES string of the molecule is Oc1ccc(-c2nnc3c(Cl)cccn23)cc1. The molecule has 0 aliphatic rings. The zero-order chi connectivity index (χ0) is 11.8. The third-order valence-corrected chi connectivity index (χ3v) is 2.81. The number of fused-ring (bicyclic) bond motifs is 1. The zero-order valence-electron chi connectivity index (χ0n) is 8.71. The van der Waals surface area contributed by atoms with Crippen LogP contribution in [0.5, 0.6) is 5.75 Å². The molecule has 3 rings (SSSR count). The zero-order valence-corrected chi connectivity index (χ0v) is 9.46. The Hall–Kier alpha value is -2.07. The molecular weight excluding hydrogens is 238 g/mol. The third-order valence-electron chi connectivity index (χ3n) is 2.51. The molecule has 0 saturated carbocycles. The number of nitrogens with zero attached hydrogens (tertiary/aromatic N) is 3. The summed E-state index contributed by atoms with van der Waals surface area (Å²) >= 11 is 6.02. The number of rotatable bonds is 1. The van der Waals surface area contributed by atoms with Crippen LogP contribution in [0.1, 0.15) is 0 Å². The number of aromatic hydroxyl groups is 1. The first kappa shape index (κ1) is 10.1. The minimum Gasteiger partial charge on any atom is -0.508 e. The number of hydrogen-bond acceptors (Lipinski definition) is 3. The molecule has 17 heavy (non-hydrogen) atoms. The minimum absolute atomic E-state index is 0.223. The number of phenolic OH excluding ortho intramolecular Hbond substituents is 1. The molecule has 2 aromatic heterocycles. The number of hydrogen-bond donors (Lipinski definition) is 1. The highest BCUT2D eigenvalue weighted by molar-refractivity contribution is 6.33. The van der Waals surface area contributed by atoms with Gasteiger partial charge in [0.1, 0.15) is 5.75 Å². The fraction of sp³-hybridized carbons (Fsp3) is 0. The summed E-state index contributed by atoms with van der Waals surface area (Å²) in [5.41, 5.74) is 1.50. The molecule has 0 unspecified atom stereocenters. The van der Waals surface area contributed by atoms with Crippen molar-refractivity contribution in [3.8, 4) is 17.1 Å². The number of benzene rings is 1. The van der Waals surface area contributed by atoms with Crippen LogP contribution < -0.4 is 0 Å². The largest absolute Gasteiger partial charge is 0.508 e. The van der Waals surface area contributed by atoms with Crippen molar-refractivity contribution in [2.75, 3.05) is 0 Å². The van der Waals surface area contributed by atoms with Gasteiger partial charge in [0.2, 0.25) is 0 Å². The maximum Gasteiger partial charge on any atom is 0.179 e. The van der Waals surface area contributed by atoms with Crippen molar-refractivity contribution in [1.82, 2.24) is 14.6 Å². The van der Waals surface area contributed by atoms with Crippen molar-refractivity contribution in [3.63, 3.8) is 0 Å². The molecular formula is C12H8ClN3O. The van der Waals surface area contributed by atoms with Crippen molar-refractivity contribution >= 4 is 17.2 Å². The van der Waals surface area contributed by atoms with E-state index in [0.717, 1.165) is 5.56 Å². The predicted octanol–water partition coefficient (Wildman–Crippen LogP) is 2.76. The summed E-state index contributed by atoms with van der Waals surface area (Å²) in [6.07, 6.45) is 1.85. The fourth-order valence-electron chi connectivity index (χ4n) is 1.69. The Labute approximate surface area is 102 Å². The summed E-state index contributed by atoms with van der Waals surface area (Å²) in [4.78, 5) is 0. The molecule has 0 atom stereocenters. The first-order valence-corrected chi connectivity index (χ1v) is 5.42. The summed E-state index contributed by atoms with van der Waals surface area (Å²) in [5.74, 6) is 0.920. The van der Waals surface area contributed by atoms with Crippen molar-refractivity contribution in [1.29, 1.82) is 0 Å². The number of halogens is 1. The Morgan fingerprint density at radius 1 is 1.06 bits per heavy atom. The van der Waals surface area contributed by atoms with E-state index >= 15 is 0 Å². The van der Waals surface area contributed by atoms with E-state index in [1.807, 2.05) is 16.7 Å². The van der Waals surface area contributed by atoms with Crippen molar-refractivity contribution in [3.05, 3.63) is 47.6 Å². The highest BCUT2D eigenvalue weighted by Gasteiger charge is 2.09. The lowest BCUT2D eigenvalue weighted by molar-refractivity contribution is 0.475. The molecule has 0 aliphatic carbocycles. The second-order valence-corrected chi connectivity index (χ2v) is 4.03. The van der Waals surface area contributed by atoms with Crippen LogP contribution in [-0.4, -0.2) is 19.7 Å². The van der Waals surface area contributed by atoms with Crippen LogP contribution >= 0.6 is 11.6 Å². The fourth-order valence-corrected chi connectivity index (χ4v) is 1.89. The molecule has 0 bridgehead atoms. The predicted molar refractivity (Wildman–Crippen MR) is 65.1 cm³/mol. The molecule has 0 fully saturated rings. The normalized spacial score (nSPS) is 10.9. The van der Waals surface area contributed by atoms with E-state index in [0.29, 0.717) is 16.5 Å². The molecule has 0 amide bonds. The average molecular weight is 246 g/mol. The Bertz CT molecular complexity index is 676. The van der Waals surface area contributed by atoms with Gasteiger partial charge >= 0.3 is 0 Å². The van der Waals surface area contributed by atoms with Gasteiger partial charge in [-0.25, -0.2) is 0 Å². The van der Waals surface area contributed by atoms with Gasteiger partial charge in [0.15, 0.2) is 11.5 Å². The van der Waals surface area contributed by atoms with Crippen LogP contribution in [0.15, 0.2) is 42.6 Å². The van der Waals surface area contributed by atoms with Crippen molar-refractivity contribution < 1.29 is 5.11 Å². The van der Waals surface area contributed by atoms with Gasteiger partial charge in [0.25, 0.3) is 0 Å². The topological polar surface area (TPSA) is 50.4 Å². The maximum absolute atomic E-state index is 9.25. The van der Waals surface area contributed by atoms with E-state index in [1.165, 1.54) is 0 Å². The lowest BCUT2D eigenvalue weighted by Crippen LogP contribution is -1.88. The van der Waals surface area contributed by atoms with Gasteiger partial charge in [-0.1, -0.05) is 11.6 Å². The highest BCUT2D eigenvalue weighted by atomic mass is 35.5. The average Bonchev–Trinajstić information content (AvgIpc) is 2.75.